The highest BCUT2D eigenvalue weighted by molar-refractivity contribution is 5.78. The van der Waals surface area contributed by atoms with Gasteiger partial charge in [-0.05, 0) is 42.2 Å². The molecule has 0 bridgehead atoms. The monoisotopic (exact) mass is 353 g/mol. The van der Waals surface area contributed by atoms with Gasteiger partial charge in [-0.15, -0.1) is 0 Å². The summed E-state index contributed by atoms with van der Waals surface area (Å²) >= 11 is 0. The fourth-order valence-electron chi connectivity index (χ4n) is 3.13. The largest absolute Gasteiger partial charge is 0.483 e. The summed E-state index contributed by atoms with van der Waals surface area (Å²) in [5.41, 5.74) is 3.44. The summed E-state index contributed by atoms with van der Waals surface area (Å²) in [7, 11) is 0. The first-order chi connectivity index (χ1) is 12.5. The van der Waals surface area contributed by atoms with E-state index in [1.165, 1.54) is 5.56 Å². The Morgan fingerprint density at radius 3 is 2.46 bits per heavy atom. The molecule has 138 valence electrons. The third kappa shape index (κ3) is 4.34. The molecular weight excluding hydrogens is 326 g/mol. The average molecular weight is 353 g/mol. The minimum Gasteiger partial charge on any atom is -0.483 e. The Morgan fingerprint density at radius 1 is 1.12 bits per heavy atom. The molecule has 26 heavy (non-hydrogen) atoms. The third-order valence-electron chi connectivity index (χ3n) is 4.89. The van der Waals surface area contributed by atoms with E-state index in [0.29, 0.717) is 5.92 Å². The van der Waals surface area contributed by atoms with Crippen LogP contribution >= 0.6 is 0 Å². The molecule has 0 spiro atoms. The van der Waals surface area contributed by atoms with Gasteiger partial charge in [-0.1, -0.05) is 26.0 Å². The van der Waals surface area contributed by atoms with Crippen LogP contribution in [0.1, 0.15) is 30.9 Å². The van der Waals surface area contributed by atoms with Gasteiger partial charge in [0, 0.05) is 44.3 Å². The molecular formula is C21H27N3O2. The fraction of sp³-hybridized carbons (Fsp3) is 0.429. The highest BCUT2D eigenvalue weighted by Gasteiger charge is 2.21. The van der Waals surface area contributed by atoms with Gasteiger partial charge < -0.3 is 14.5 Å². The number of anilines is 1. The normalized spacial score (nSPS) is 14.6. The molecule has 2 aromatic rings. The minimum absolute atomic E-state index is 0.0497. The van der Waals surface area contributed by atoms with Gasteiger partial charge in [0.2, 0.25) is 0 Å². The van der Waals surface area contributed by atoms with Gasteiger partial charge >= 0.3 is 0 Å². The molecule has 1 aromatic heterocycles. The van der Waals surface area contributed by atoms with Crippen LogP contribution in [0.5, 0.6) is 5.75 Å². The van der Waals surface area contributed by atoms with Gasteiger partial charge in [0.15, 0.2) is 6.61 Å². The van der Waals surface area contributed by atoms with Crippen molar-refractivity contribution in [2.45, 2.75) is 26.7 Å². The summed E-state index contributed by atoms with van der Waals surface area (Å²) in [6.45, 7) is 9.51. The Balaban J connectivity index is 1.53. The first kappa shape index (κ1) is 18.2. The smallest absolute Gasteiger partial charge is 0.260 e. The fourth-order valence-corrected chi connectivity index (χ4v) is 3.13. The Kier molecular flexibility index (Phi) is 5.76. The van der Waals surface area contributed by atoms with Crippen LogP contribution in [0.3, 0.4) is 0 Å². The number of pyridine rings is 1. The lowest BCUT2D eigenvalue weighted by molar-refractivity contribution is -0.133. The Bertz CT molecular complexity index is 738. The third-order valence-corrected chi connectivity index (χ3v) is 4.89. The van der Waals surface area contributed by atoms with Crippen LogP contribution in [0.25, 0.3) is 0 Å². The number of benzene rings is 1. The van der Waals surface area contributed by atoms with E-state index in [4.69, 9.17) is 4.74 Å². The molecule has 1 fully saturated rings. The number of aromatic nitrogens is 1. The Hall–Kier alpha value is -2.56. The topological polar surface area (TPSA) is 45.7 Å². The van der Waals surface area contributed by atoms with Crippen molar-refractivity contribution in [3.8, 4) is 5.75 Å². The molecule has 5 heteroatoms. The molecule has 3 rings (SSSR count). The summed E-state index contributed by atoms with van der Waals surface area (Å²) in [4.78, 5) is 20.7. The second-order valence-corrected chi connectivity index (χ2v) is 7.04. The van der Waals surface area contributed by atoms with E-state index in [1.807, 2.05) is 24.0 Å². The van der Waals surface area contributed by atoms with Crippen molar-refractivity contribution < 1.29 is 9.53 Å². The summed E-state index contributed by atoms with van der Waals surface area (Å²) in [6, 6.07) is 10.2. The number of hydrogen-bond acceptors (Lipinski definition) is 4. The van der Waals surface area contributed by atoms with Crippen LogP contribution in [-0.2, 0) is 4.79 Å². The maximum Gasteiger partial charge on any atom is 0.260 e. The van der Waals surface area contributed by atoms with Gasteiger partial charge in [0.1, 0.15) is 5.75 Å². The predicted octanol–water partition coefficient (Wildman–Crippen LogP) is 3.24. The average Bonchev–Trinajstić information content (AvgIpc) is 2.67. The van der Waals surface area contributed by atoms with Gasteiger partial charge in [0.25, 0.3) is 5.91 Å². The number of aryl methyl sites for hydroxylation is 1. The van der Waals surface area contributed by atoms with E-state index < -0.39 is 0 Å². The maximum absolute atomic E-state index is 12.5. The second kappa shape index (κ2) is 8.21. The van der Waals surface area contributed by atoms with E-state index >= 15 is 0 Å². The molecule has 0 atom stereocenters. The molecule has 0 aliphatic carbocycles. The van der Waals surface area contributed by atoms with Crippen molar-refractivity contribution in [3.05, 3.63) is 53.9 Å². The van der Waals surface area contributed by atoms with Gasteiger partial charge in [-0.25, -0.2) is 0 Å². The van der Waals surface area contributed by atoms with Crippen LogP contribution < -0.4 is 9.64 Å². The van der Waals surface area contributed by atoms with Crippen LogP contribution in [0, 0.1) is 6.92 Å². The number of carbonyl (C=O) groups is 1. The van der Waals surface area contributed by atoms with Gasteiger partial charge in [-0.2, -0.15) is 0 Å². The summed E-state index contributed by atoms with van der Waals surface area (Å²) in [5.74, 6) is 1.30. The number of piperazine rings is 1. The number of ether oxygens (including phenoxy) is 1. The van der Waals surface area contributed by atoms with Gasteiger partial charge in [0.05, 0.1) is 0 Å². The van der Waals surface area contributed by atoms with E-state index in [2.05, 4.69) is 41.9 Å². The van der Waals surface area contributed by atoms with Crippen molar-refractivity contribution in [3.63, 3.8) is 0 Å². The first-order valence-electron chi connectivity index (χ1n) is 9.20. The Morgan fingerprint density at radius 2 is 1.81 bits per heavy atom. The molecule has 2 heterocycles. The molecule has 0 unspecified atom stereocenters. The second-order valence-electron chi connectivity index (χ2n) is 7.04. The van der Waals surface area contributed by atoms with Gasteiger partial charge in [-0.3, -0.25) is 9.78 Å². The first-order valence-corrected chi connectivity index (χ1v) is 9.20. The molecule has 1 aromatic carbocycles. The predicted molar refractivity (Wildman–Crippen MR) is 104 cm³/mol. The van der Waals surface area contributed by atoms with E-state index in [0.717, 1.165) is 43.2 Å². The van der Waals surface area contributed by atoms with Crippen molar-refractivity contribution in [2.24, 2.45) is 0 Å². The number of hydrogen-bond donors (Lipinski definition) is 0. The van der Waals surface area contributed by atoms with Crippen LogP contribution in [-0.4, -0.2) is 48.6 Å². The summed E-state index contributed by atoms with van der Waals surface area (Å²) in [5, 5.41) is 0. The zero-order valence-corrected chi connectivity index (χ0v) is 15.8. The zero-order valence-electron chi connectivity index (χ0n) is 15.8. The minimum atomic E-state index is 0.0497. The molecule has 1 amide bonds. The van der Waals surface area contributed by atoms with E-state index in [1.54, 1.807) is 12.4 Å². The molecule has 1 aliphatic heterocycles. The zero-order chi connectivity index (χ0) is 18.5. The summed E-state index contributed by atoms with van der Waals surface area (Å²) in [6.07, 6.45) is 3.60. The summed E-state index contributed by atoms with van der Waals surface area (Å²) < 4.78 is 5.84. The number of amides is 1. The van der Waals surface area contributed by atoms with Crippen LogP contribution in [0.2, 0.25) is 0 Å². The Labute approximate surface area is 155 Å². The quantitative estimate of drug-likeness (QED) is 0.828. The molecule has 1 aliphatic rings. The lowest BCUT2D eigenvalue weighted by Gasteiger charge is -2.36. The maximum atomic E-state index is 12.5. The SMILES string of the molecule is Cc1ccc(C(C)C)cc1OCC(=O)N1CCN(c2ccncc2)CC1. The van der Waals surface area contributed by atoms with Crippen molar-refractivity contribution >= 4 is 11.6 Å². The van der Waals surface area contributed by atoms with Crippen LogP contribution in [0.4, 0.5) is 5.69 Å². The molecule has 0 saturated carbocycles. The molecule has 0 N–H and O–H groups in total. The molecule has 1 saturated heterocycles. The van der Waals surface area contributed by atoms with E-state index in [-0.39, 0.29) is 12.5 Å². The van der Waals surface area contributed by atoms with Crippen molar-refractivity contribution in [1.29, 1.82) is 0 Å². The van der Waals surface area contributed by atoms with Crippen LogP contribution in [0.15, 0.2) is 42.7 Å². The highest BCUT2D eigenvalue weighted by Crippen LogP contribution is 2.24. The standard InChI is InChI=1S/C21H27N3O2/c1-16(2)18-5-4-17(3)20(14-18)26-15-21(25)24-12-10-23(11-13-24)19-6-8-22-9-7-19/h4-9,14,16H,10-13,15H2,1-3H3. The number of nitrogens with zero attached hydrogens (tertiary/aromatic N) is 3. The van der Waals surface area contributed by atoms with Crippen molar-refractivity contribution in [2.75, 3.05) is 37.7 Å². The lowest BCUT2D eigenvalue weighted by atomic mass is 10.0. The van der Waals surface area contributed by atoms with Crippen molar-refractivity contribution in [1.82, 2.24) is 9.88 Å². The highest BCUT2D eigenvalue weighted by atomic mass is 16.5. The lowest BCUT2D eigenvalue weighted by Crippen LogP contribution is -2.50. The van der Waals surface area contributed by atoms with E-state index in [9.17, 15) is 4.79 Å². The number of rotatable bonds is 5. The molecule has 0 radical (unpaired) electrons. The molecule has 5 nitrogen and oxygen atoms in total. The number of carbonyl (C=O) groups excluding carboxylic acids is 1.